The molecule has 1 saturated heterocycles. The maximum absolute atomic E-state index is 9.91. The Bertz CT molecular complexity index is 199. The molecule has 3 unspecified atom stereocenters. The normalized spacial score (nSPS) is 32.3. The van der Waals surface area contributed by atoms with E-state index in [-0.39, 0.29) is 18.1 Å². The van der Waals surface area contributed by atoms with Gasteiger partial charge in [0, 0.05) is 19.6 Å². The highest BCUT2D eigenvalue weighted by atomic mass is 127. The summed E-state index contributed by atoms with van der Waals surface area (Å²) in [6.07, 6.45) is 2.79. The monoisotopic (exact) mass is 311 g/mol. The van der Waals surface area contributed by atoms with E-state index in [9.17, 15) is 5.11 Å². The van der Waals surface area contributed by atoms with Crippen LogP contribution in [0.2, 0.25) is 0 Å². The molecule has 1 heterocycles. The molecule has 0 amide bonds. The van der Waals surface area contributed by atoms with E-state index in [1.165, 1.54) is 0 Å². The predicted molar refractivity (Wildman–Crippen MR) is 65.6 cm³/mol. The van der Waals surface area contributed by atoms with Crippen molar-refractivity contribution in [2.45, 2.75) is 18.6 Å². The van der Waals surface area contributed by atoms with Gasteiger partial charge in [-0.25, -0.2) is 0 Å². The average Bonchev–Trinajstić information content (AvgIpc) is 2.15. The summed E-state index contributed by atoms with van der Waals surface area (Å²) in [5, 5.41) is 9.91. The van der Waals surface area contributed by atoms with Gasteiger partial charge < -0.3 is 14.7 Å². The number of aliphatic hydroxyl groups is 1. The van der Waals surface area contributed by atoms with Gasteiger partial charge >= 0.3 is 0 Å². The van der Waals surface area contributed by atoms with Crippen LogP contribution >= 0.6 is 22.6 Å². The number of likely N-dealkylation sites (N-methyl/N-ethyl adjacent to an activating group) is 1. The van der Waals surface area contributed by atoms with Crippen LogP contribution in [0, 0.1) is 5.92 Å². The zero-order valence-electron chi connectivity index (χ0n) is 8.69. The van der Waals surface area contributed by atoms with E-state index in [0.29, 0.717) is 0 Å². The Kier molecular flexibility index (Phi) is 5.36. The van der Waals surface area contributed by atoms with Gasteiger partial charge in [0.2, 0.25) is 0 Å². The Hall–Kier alpha value is 0.350. The van der Waals surface area contributed by atoms with Gasteiger partial charge in [-0.1, -0.05) is 22.6 Å². The van der Waals surface area contributed by atoms with Crippen molar-refractivity contribution in [3.8, 4) is 0 Å². The number of ether oxygens (including phenoxy) is 1. The summed E-state index contributed by atoms with van der Waals surface area (Å²) in [6.45, 7) is 1.79. The minimum absolute atomic E-state index is 0.0515. The topological polar surface area (TPSA) is 32.7 Å². The molecular formula is C10H18INO2. The fraction of sp³-hybridized carbons (Fsp3) is 0.800. The highest BCUT2D eigenvalue weighted by molar-refractivity contribution is 14.1. The van der Waals surface area contributed by atoms with Gasteiger partial charge in [0.05, 0.1) is 12.2 Å². The van der Waals surface area contributed by atoms with E-state index in [4.69, 9.17) is 4.74 Å². The van der Waals surface area contributed by atoms with Crippen molar-refractivity contribution in [2.24, 2.45) is 5.92 Å². The van der Waals surface area contributed by atoms with Crippen molar-refractivity contribution in [1.29, 1.82) is 0 Å². The molecule has 0 radical (unpaired) electrons. The number of piperidine rings is 1. The second kappa shape index (κ2) is 6.05. The molecule has 1 rings (SSSR count). The molecule has 4 heteroatoms. The Morgan fingerprint density at radius 2 is 2.36 bits per heavy atom. The third-order valence-electron chi connectivity index (χ3n) is 2.79. The number of β-amino-alcohol motifs (C(OH)–C–C–N with tert-alkyl or cyclic N) is 1. The third kappa shape index (κ3) is 3.18. The molecule has 0 aromatic rings. The summed E-state index contributed by atoms with van der Waals surface area (Å²) in [7, 11) is 3.74. The van der Waals surface area contributed by atoms with Crippen LogP contribution in [0.25, 0.3) is 0 Å². The maximum atomic E-state index is 9.91. The molecule has 0 aromatic heterocycles. The largest absolute Gasteiger partial charge is 0.391 e. The summed E-state index contributed by atoms with van der Waals surface area (Å²) in [4.78, 5) is 2.15. The fourth-order valence-electron chi connectivity index (χ4n) is 1.96. The van der Waals surface area contributed by atoms with Crippen molar-refractivity contribution in [2.75, 3.05) is 27.2 Å². The third-order valence-corrected chi connectivity index (χ3v) is 3.21. The molecule has 1 aliphatic rings. The van der Waals surface area contributed by atoms with Gasteiger partial charge in [0.1, 0.15) is 0 Å². The molecule has 0 aromatic carbocycles. The lowest BCUT2D eigenvalue weighted by Gasteiger charge is -2.36. The van der Waals surface area contributed by atoms with Gasteiger partial charge in [-0.15, -0.1) is 0 Å². The number of hydrogen-bond acceptors (Lipinski definition) is 3. The van der Waals surface area contributed by atoms with E-state index in [1.807, 2.05) is 17.2 Å². The van der Waals surface area contributed by atoms with Crippen molar-refractivity contribution in [3.05, 3.63) is 10.2 Å². The lowest BCUT2D eigenvalue weighted by molar-refractivity contribution is -0.0312. The molecule has 3 nitrogen and oxygen atoms in total. The number of nitrogens with zero attached hydrogens (tertiary/aromatic N) is 1. The molecule has 14 heavy (non-hydrogen) atoms. The molecule has 1 N–H and O–H groups in total. The quantitative estimate of drug-likeness (QED) is 0.797. The Morgan fingerprint density at radius 1 is 1.64 bits per heavy atom. The first-order valence-electron chi connectivity index (χ1n) is 4.85. The SMILES string of the molecule is COC(/C=C/I)C1CCN(C)CC1O. The number of aliphatic hydroxyl groups excluding tert-OH is 1. The molecule has 3 atom stereocenters. The van der Waals surface area contributed by atoms with Gasteiger partial charge in [-0.3, -0.25) is 0 Å². The smallest absolute Gasteiger partial charge is 0.0813 e. The summed E-state index contributed by atoms with van der Waals surface area (Å²) in [6, 6.07) is 0. The molecule has 0 aliphatic carbocycles. The van der Waals surface area contributed by atoms with Gasteiger partial charge in [-0.05, 0) is 30.2 Å². The van der Waals surface area contributed by atoms with Gasteiger partial charge in [0.25, 0.3) is 0 Å². The van der Waals surface area contributed by atoms with E-state index in [0.717, 1.165) is 19.5 Å². The summed E-state index contributed by atoms with van der Waals surface area (Å²) in [5.41, 5.74) is 0. The van der Waals surface area contributed by atoms with E-state index in [2.05, 4.69) is 27.5 Å². The molecule has 0 saturated carbocycles. The van der Waals surface area contributed by atoms with Crippen LogP contribution in [-0.4, -0.2) is 49.5 Å². The zero-order chi connectivity index (χ0) is 10.6. The Labute approximate surface area is 99.3 Å². The number of likely N-dealkylation sites (tertiary alicyclic amines) is 1. The highest BCUT2D eigenvalue weighted by Gasteiger charge is 2.31. The zero-order valence-corrected chi connectivity index (χ0v) is 10.8. The van der Waals surface area contributed by atoms with Crippen LogP contribution in [0.3, 0.4) is 0 Å². The molecule has 1 fully saturated rings. The molecule has 1 aliphatic heterocycles. The summed E-state index contributed by atoms with van der Waals surface area (Å²) >= 11 is 2.18. The fourth-order valence-corrected chi connectivity index (χ4v) is 2.37. The minimum atomic E-state index is -0.272. The molecule has 0 bridgehead atoms. The summed E-state index contributed by atoms with van der Waals surface area (Å²) < 4.78 is 7.32. The van der Waals surface area contributed by atoms with Crippen LogP contribution in [0.5, 0.6) is 0 Å². The maximum Gasteiger partial charge on any atom is 0.0813 e. The highest BCUT2D eigenvalue weighted by Crippen LogP contribution is 2.23. The molecule has 82 valence electrons. The van der Waals surface area contributed by atoms with Crippen LogP contribution < -0.4 is 0 Å². The second-order valence-corrected chi connectivity index (χ2v) is 4.52. The first-order valence-corrected chi connectivity index (χ1v) is 6.10. The average molecular weight is 311 g/mol. The number of methoxy groups -OCH3 is 1. The van der Waals surface area contributed by atoms with E-state index in [1.54, 1.807) is 7.11 Å². The Balaban J connectivity index is 2.57. The number of hydrogen-bond donors (Lipinski definition) is 1. The van der Waals surface area contributed by atoms with Gasteiger partial charge in [0.15, 0.2) is 0 Å². The van der Waals surface area contributed by atoms with Crippen LogP contribution in [0.1, 0.15) is 6.42 Å². The number of halogens is 1. The van der Waals surface area contributed by atoms with Crippen LogP contribution in [-0.2, 0) is 4.74 Å². The number of rotatable bonds is 3. The van der Waals surface area contributed by atoms with E-state index < -0.39 is 0 Å². The predicted octanol–water partition coefficient (Wildman–Crippen LogP) is 1.26. The lowest BCUT2D eigenvalue weighted by Crippen LogP contribution is -2.46. The lowest BCUT2D eigenvalue weighted by atomic mass is 9.89. The van der Waals surface area contributed by atoms with Crippen LogP contribution in [0.4, 0.5) is 0 Å². The minimum Gasteiger partial charge on any atom is -0.391 e. The van der Waals surface area contributed by atoms with Crippen molar-refractivity contribution in [1.82, 2.24) is 4.90 Å². The standard InChI is InChI=1S/C10H18INO2/c1-12-6-4-8(9(13)7-12)10(14-2)3-5-11/h3,5,8-10,13H,4,6-7H2,1-2H3/b5-3+. The van der Waals surface area contributed by atoms with Crippen molar-refractivity contribution < 1.29 is 9.84 Å². The first kappa shape index (κ1) is 12.4. The van der Waals surface area contributed by atoms with Gasteiger partial charge in [-0.2, -0.15) is 0 Å². The van der Waals surface area contributed by atoms with Crippen molar-refractivity contribution in [3.63, 3.8) is 0 Å². The van der Waals surface area contributed by atoms with Crippen LogP contribution in [0.15, 0.2) is 10.2 Å². The summed E-state index contributed by atoms with van der Waals surface area (Å²) in [5.74, 6) is 0.238. The molecule has 0 spiro atoms. The van der Waals surface area contributed by atoms with Crippen molar-refractivity contribution >= 4 is 22.6 Å². The Morgan fingerprint density at radius 3 is 2.86 bits per heavy atom. The first-order chi connectivity index (χ1) is 6.69. The second-order valence-electron chi connectivity index (χ2n) is 3.80. The van der Waals surface area contributed by atoms with E-state index >= 15 is 0 Å². The molecular weight excluding hydrogens is 293 g/mol.